The summed E-state index contributed by atoms with van der Waals surface area (Å²) in [7, 11) is 0. The van der Waals surface area contributed by atoms with E-state index < -0.39 is 66.8 Å². The molecule has 2 aromatic carbocycles. The number of carbonyl (C=O) groups is 5. The first kappa shape index (κ1) is 30.7. The molecule has 2 aromatic heterocycles. The summed E-state index contributed by atoms with van der Waals surface area (Å²) in [6, 6.07) is 9.37. The van der Waals surface area contributed by atoms with Crippen molar-refractivity contribution in [2.45, 2.75) is 43.4 Å². The Balaban J connectivity index is 1.52. The smallest absolute Gasteiger partial charge is 0.326 e. The molecule has 0 bridgehead atoms. The molecule has 4 unspecified atom stereocenters. The third-order valence-electron chi connectivity index (χ3n) is 7.02. The second kappa shape index (κ2) is 13.6. The van der Waals surface area contributed by atoms with Gasteiger partial charge in [0.05, 0.1) is 19.1 Å². The number of amides is 4. The maximum atomic E-state index is 13.5. The Morgan fingerprint density at radius 2 is 1.21 bits per heavy atom. The minimum Gasteiger partial charge on any atom is -0.480 e. The lowest BCUT2D eigenvalue weighted by molar-refractivity contribution is -0.144. The van der Waals surface area contributed by atoms with Gasteiger partial charge >= 0.3 is 5.97 Å². The Labute approximate surface area is 245 Å². The van der Waals surface area contributed by atoms with Crippen LogP contribution in [0.4, 0.5) is 0 Å². The van der Waals surface area contributed by atoms with Gasteiger partial charge in [-0.25, -0.2) is 4.79 Å². The van der Waals surface area contributed by atoms with Gasteiger partial charge < -0.3 is 47.6 Å². The lowest BCUT2D eigenvalue weighted by Crippen LogP contribution is -2.58. The largest absolute Gasteiger partial charge is 0.480 e. The highest BCUT2D eigenvalue weighted by Gasteiger charge is 2.31. The topological polar surface area (TPSA) is 246 Å². The van der Waals surface area contributed by atoms with E-state index in [1.54, 1.807) is 12.4 Å². The maximum absolute atomic E-state index is 13.5. The summed E-state index contributed by atoms with van der Waals surface area (Å²) < 4.78 is 0. The molecule has 0 saturated heterocycles. The summed E-state index contributed by atoms with van der Waals surface area (Å²) in [6.45, 7) is -0.895. The number of hydrogen-bond donors (Lipinski definition) is 9. The summed E-state index contributed by atoms with van der Waals surface area (Å²) in [6.07, 6.45) is 2.94. The Kier molecular flexibility index (Phi) is 9.75. The Morgan fingerprint density at radius 1 is 0.721 bits per heavy atom. The van der Waals surface area contributed by atoms with Crippen molar-refractivity contribution in [1.82, 2.24) is 25.9 Å². The van der Waals surface area contributed by atoms with Crippen LogP contribution in [-0.2, 0) is 36.8 Å². The molecule has 226 valence electrons. The average Bonchev–Trinajstić information content (AvgIpc) is 3.58. The molecule has 14 heteroatoms. The number of primary amides is 1. The number of benzene rings is 2. The number of aliphatic hydroxyl groups is 1. The first-order valence-electron chi connectivity index (χ1n) is 13.5. The molecule has 0 spiro atoms. The predicted octanol–water partition coefficient (Wildman–Crippen LogP) is -0.832. The molecule has 4 atom stereocenters. The van der Waals surface area contributed by atoms with E-state index in [1.807, 2.05) is 48.5 Å². The van der Waals surface area contributed by atoms with Crippen molar-refractivity contribution in [2.75, 3.05) is 6.61 Å². The molecule has 11 N–H and O–H groups in total. The number of H-pyrrole nitrogens is 2. The molecule has 0 fully saturated rings. The molecular weight excluding hydrogens is 558 g/mol. The number of aromatic amines is 2. The van der Waals surface area contributed by atoms with Crippen LogP contribution in [0.15, 0.2) is 60.9 Å². The van der Waals surface area contributed by atoms with Gasteiger partial charge in [0.1, 0.15) is 18.1 Å². The van der Waals surface area contributed by atoms with Crippen LogP contribution in [0.3, 0.4) is 0 Å². The van der Waals surface area contributed by atoms with Gasteiger partial charge in [-0.1, -0.05) is 36.4 Å². The zero-order valence-electron chi connectivity index (χ0n) is 23.0. The average molecular weight is 592 g/mol. The van der Waals surface area contributed by atoms with Crippen LogP contribution in [0.5, 0.6) is 0 Å². The number of aliphatic hydroxyl groups excluding tert-OH is 1. The van der Waals surface area contributed by atoms with Gasteiger partial charge in [0.15, 0.2) is 0 Å². The number of fused-ring (bicyclic) bond motifs is 2. The number of nitrogens with one attached hydrogen (secondary N) is 5. The first-order chi connectivity index (χ1) is 20.6. The standard InChI is InChI=1S/C29H33N7O7/c30-19(9-15-12-32-20-7-3-1-5-17(15)20)26(39)34-22(10-16-13-33-21-8-4-2-6-18(16)21)27(40)36-24(14-37)28(41)35-23(29(42)43)11-25(31)38/h1-8,12-13,19,22-24,32-33,37H,9-11,14,30H2,(H2,31,38)(H,34,39)(H,35,41)(H,36,40)(H,42,43). The molecule has 4 aromatic rings. The number of carboxylic acids is 1. The predicted molar refractivity (Wildman–Crippen MR) is 156 cm³/mol. The van der Waals surface area contributed by atoms with E-state index in [2.05, 4.69) is 25.9 Å². The third-order valence-corrected chi connectivity index (χ3v) is 7.02. The van der Waals surface area contributed by atoms with E-state index in [0.29, 0.717) is 5.56 Å². The number of aromatic nitrogens is 2. The summed E-state index contributed by atoms with van der Waals surface area (Å²) in [4.78, 5) is 68.3. The van der Waals surface area contributed by atoms with Gasteiger partial charge in [-0.3, -0.25) is 19.2 Å². The van der Waals surface area contributed by atoms with Crippen LogP contribution in [-0.4, -0.2) is 80.6 Å². The quantitative estimate of drug-likeness (QED) is 0.0893. The molecule has 0 aliphatic heterocycles. The van der Waals surface area contributed by atoms with Crippen molar-refractivity contribution in [3.05, 3.63) is 72.1 Å². The molecule has 4 rings (SSSR count). The summed E-state index contributed by atoms with van der Waals surface area (Å²) in [5, 5.41) is 27.9. The number of carboxylic acid groups (broad SMARTS) is 1. The first-order valence-corrected chi connectivity index (χ1v) is 13.5. The molecule has 0 aliphatic carbocycles. The summed E-state index contributed by atoms with van der Waals surface area (Å²) in [5.41, 5.74) is 14.5. The number of nitrogens with two attached hydrogens (primary N) is 2. The molecule has 14 nitrogen and oxygen atoms in total. The van der Waals surface area contributed by atoms with Crippen LogP contribution in [0.2, 0.25) is 0 Å². The molecule has 0 aliphatic rings. The van der Waals surface area contributed by atoms with Crippen LogP contribution in [0.1, 0.15) is 17.5 Å². The molecule has 0 saturated carbocycles. The number of carbonyl (C=O) groups excluding carboxylic acids is 4. The van der Waals surface area contributed by atoms with Crippen molar-refractivity contribution in [1.29, 1.82) is 0 Å². The second-order valence-electron chi connectivity index (χ2n) is 10.1. The molecular formula is C29H33N7O7. The Morgan fingerprint density at radius 3 is 1.74 bits per heavy atom. The van der Waals surface area contributed by atoms with Crippen molar-refractivity contribution in [3.63, 3.8) is 0 Å². The Hall–Kier alpha value is -5.21. The van der Waals surface area contributed by atoms with Gasteiger partial charge in [-0.15, -0.1) is 0 Å². The van der Waals surface area contributed by atoms with Crippen molar-refractivity contribution >= 4 is 51.4 Å². The Bertz CT molecular complexity index is 1650. The van der Waals surface area contributed by atoms with Crippen molar-refractivity contribution in [2.24, 2.45) is 11.5 Å². The monoisotopic (exact) mass is 591 g/mol. The fourth-order valence-corrected chi connectivity index (χ4v) is 4.78. The fourth-order valence-electron chi connectivity index (χ4n) is 4.78. The van der Waals surface area contributed by atoms with E-state index in [4.69, 9.17) is 11.5 Å². The molecule has 4 amide bonds. The van der Waals surface area contributed by atoms with Crippen molar-refractivity contribution < 1.29 is 34.2 Å². The highest BCUT2D eigenvalue weighted by Crippen LogP contribution is 2.20. The van der Waals surface area contributed by atoms with Gasteiger partial charge in [0.25, 0.3) is 0 Å². The number of para-hydroxylation sites is 2. The van der Waals surface area contributed by atoms with Crippen LogP contribution < -0.4 is 27.4 Å². The number of aliphatic carboxylic acids is 1. The second-order valence-corrected chi connectivity index (χ2v) is 10.1. The van der Waals surface area contributed by atoms with Crippen molar-refractivity contribution in [3.8, 4) is 0 Å². The van der Waals surface area contributed by atoms with Gasteiger partial charge in [0, 0.05) is 40.6 Å². The van der Waals surface area contributed by atoms with E-state index in [-0.39, 0.29) is 12.8 Å². The van der Waals surface area contributed by atoms with E-state index in [9.17, 15) is 34.2 Å². The molecule has 2 heterocycles. The fraction of sp³-hybridized carbons (Fsp3) is 0.276. The van der Waals surface area contributed by atoms with E-state index >= 15 is 0 Å². The van der Waals surface area contributed by atoms with E-state index in [1.165, 1.54) is 0 Å². The zero-order valence-corrected chi connectivity index (χ0v) is 23.0. The SMILES string of the molecule is NC(=O)CC(NC(=O)C(CO)NC(=O)C(Cc1c[nH]c2ccccc12)NC(=O)C(N)Cc1c[nH]c2ccccc12)C(=O)O. The van der Waals surface area contributed by atoms with Crippen LogP contribution in [0, 0.1) is 0 Å². The highest BCUT2D eigenvalue weighted by atomic mass is 16.4. The van der Waals surface area contributed by atoms with E-state index in [0.717, 1.165) is 27.4 Å². The van der Waals surface area contributed by atoms with Crippen LogP contribution >= 0.6 is 0 Å². The summed E-state index contributed by atoms with van der Waals surface area (Å²) >= 11 is 0. The third kappa shape index (κ3) is 7.55. The van der Waals surface area contributed by atoms with Gasteiger partial charge in [-0.05, 0) is 29.7 Å². The maximum Gasteiger partial charge on any atom is 0.326 e. The minimum absolute atomic E-state index is 0.000581. The summed E-state index contributed by atoms with van der Waals surface area (Å²) in [5.74, 6) is -5.00. The number of hydrogen-bond acceptors (Lipinski definition) is 7. The minimum atomic E-state index is -1.67. The zero-order chi connectivity index (χ0) is 31.1. The number of rotatable bonds is 14. The molecule has 0 radical (unpaired) electrons. The van der Waals surface area contributed by atoms with Crippen LogP contribution in [0.25, 0.3) is 21.8 Å². The lowest BCUT2D eigenvalue weighted by atomic mass is 10.0. The lowest BCUT2D eigenvalue weighted by Gasteiger charge is -2.24. The molecule has 43 heavy (non-hydrogen) atoms. The normalized spacial score (nSPS) is 14.0. The highest BCUT2D eigenvalue weighted by molar-refractivity contribution is 5.96. The van der Waals surface area contributed by atoms with Gasteiger partial charge in [-0.2, -0.15) is 0 Å². The van der Waals surface area contributed by atoms with Gasteiger partial charge in [0.2, 0.25) is 23.6 Å².